The molecule has 3 aromatic rings. The molecule has 29 heavy (non-hydrogen) atoms. The lowest BCUT2D eigenvalue weighted by Gasteiger charge is -2.21. The number of nitrogen functional groups attached to an aromatic ring is 1. The first-order chi connectivity index (χ1) is 13.9. The number of methoxy groups -OCH3 is 1. The molecule has 0 spiro atoms. The number of nitrogens with zero attached hydrogens (tertiary/aromatic N) is 2. The van der Waals surface area contributed by atoms with Crippen molar-refractivity contribution < 1.29 is 14.2 Å². The van der Waals surface area contributed by atoms with Gasteiger partial charge in [0.2, 0.25) is 11.3 Å². The van der Waals surface area contributed by atoms with Crippen molar-refractivity contribution in [1.29, 1.82) is 0 Å². The molecule has 0 fully saturated rings. The van der Waals surface area contributed by atoms with Crippen LogP contribution in [-0.4, -0.2) is 28.4 Å². The number of aliphatic hydroxyl groups is 1. The van der Waals surface area contributed by atoms with E-state index in [1.807, 2.05) is 6.92 Å². The van der Waals surface area contributed by atoms with E-state index in [0.29, 0.717) is 23.2 Å². The highest BCUT2D eigenvalue weighted by Gasteiger charge is 2.19. The van der Waals surface area contributed by atoms with E-state index in [0.717, 1.165) is 6.42 Å². The van der Waals surface area contributed by atoms with Gasteiger partial charge in [-0.3, -0.25) is 4.79 Å². The lowest BCUT2D eigenvalue weighted by Crippen LogP contribution is -2.21. The number of anilines is 1. The zero-order valence-electron chi connectivity index (χ0n) is 16.3. The third kappa shape index (κ3) is 4.06. The number of aromatic nitrogens is 2. The molecule has 0 amide bonds. The maximum atomic E-state index is 14.4. The Morgan fingerprint density at radius 1 is 1.38 bits per heavy atom. The van der Waals surface area contributed by atoms with E-state index in [2.05, 4.69) is 4.98 Å². The summed E-state index contributed by atoms with van der Waals surface area (Å²) in [4.78, 5) is 17.2. The Labute approximate surface area is 172 Å². The Bertz CT molecular complexity index is 1100. The Kier molecular flexibility index (Phi) is 6.39. The average molecular weight is 420 g/mol. The molecule has 0 saturated carbocycles. The van der Waals surface area contributed by atoms with Gasteiger partial charge in [-0.05, 0) is 24.1 Å². The zero-order valence-corrected chi connectivity index (χ0v) is 17.0. The molecule has 6 nitrogen and oxygen atoms in total. The maximum Gasteiger partial charge on any atom is 0.218 e. The molecule has 3 N–H and O–H groups in total. The lowest BCUT2D eigenvalue weighted by molar-refractivity contribution is 0.222. The number of benzene rings is 1. The molecule has 0 aliphatic carbocycles. The predicted molar refractivity (Wildman–Crippen MR) is 112 cm³/mol. The van der Waals surface area contributed by atoms with Crippen molar-refractivity contribution in [2.24, 2.45) is 0 Å². The summed E-state index contributed by atoms with van der Waals surface area (Å²) >= 11 is 5.88. The Hall–Kier alpha value is -2.64. The van der Waals surface area contributed by atoms with E-state index >= 15 is 0 Å². The lowest BCUT2D eigenvalue weighted by atomic mass is 10.0. The first kappa shape index (κ1) is 21.1. The predicted octanol–water partition coefficient (Wildman–Crippen LogP) is 3.70. The third-order valence-electron chi connectivity index (χ3n) is 4.90. The summed E-state index contributed by atoms with van der Waals surface area (Å²) < 4.78 is 21.5. The molecule has 2 aromatic heterocycles. The fourth-order valence-corrected chi connectivity index (χ4v) is 3.64. The van der Waals surface area contributed by atoms with Crippen LogP contribution in [0, 0.1) is 5.82 Å². The Morgan fingerprint density at radius 2 is 2.14 bits per heavy atom. The van der Waals surface area contributed by atoms with Crippen LogP contribution in [0.5, 0.6) is 5.88 Å². The minimum Gasteiger partial charge on any atom is -0.481 e. The summed E-state index contributed by atoms with van der Waals surface area (Å²) in [5.41, 5.74) is 6.89. The summed E-state index contributed by atoms with van der Waals surface area (Å²) in [6, 6.07) is 6.09. The van der Waals surface area contributed by atoms with Crippen molar-refractivity contribution in [3.63, 3.8) is 0 Å². The fraction of sp³-hybridized carbons (Fsp3) is 0.333. The van der Waals surface area contributed by atoms with E-state index in [1.54, 1.807) is 22.8 Å². The van der Waals surface area contributed by atoms with Gasteiger partial charge in [-0.1, -0.05) is 37.1 Å². The van der Waals surface area contributed by atoms with Crippen molar-refractivity contribution in [1.82, 2.24) is 9.55 Å². The molecule has 0 aliphatic rings. The van der Waals surface area contributed by atoms with Gasteiger partial charge in [0.15, 0.2) is 0 Å². The van der Waals surface area contributed by atoms with E-state index in [4.69, 9.17) is 22.1 Å². The average Bonchev–Trinajstić information content (AvgIpc) is 2.72. The number of aliphatic hydroxyl groups excluding tert-OH is 1. The second-order valence-electron chi connectivity index (χ2n) is 6.86. The van der Waals surface area contributed by atoms with Crippen LogP contribution in [0.4, 0.5) is 10.1 Å². The van der Waals surface area contributed by atoms with Crippen LogP contribution in [0.25, 0.3) is 11.0 Å². The summed E-state index contributed by atoms with van der Waals surface area (Å²) in [7, 11) is 1.46. The quantitative estimate of drug-likeness (QED) is 0.609. The van der Waals surface area contributed by atoms with Gasteiger partial charge in [0, 0.05) is 18.2 Å². The van der Waals surface area contributed by atoms with Crippen molar-refractivity contribution in [2.75, 3.05) is 19.5 Å². The summed E-state index contributed by atoms with van der Waals surface area (Å²) in [6.07, 6.45) is 3.17. The highest BCUT2D eigenvalue weighted by Crippen LogP contribution is 2.28. The second-order valence-corrected chi connectivity index (χ2v) is 7.27. The van der Waals surface area contributed by atoms with E-state index < -0.39 is 5.82 Å². The summed E-state index contributed by atoms with van der Waals surface area (Å²) in [5, 5.41) is 10.1. The van der Waals surface area contributed by atoms with E-state index in [9.17, 15) is 14.3 Å². The largest absolute Gasteiger partial charge is 0.481 e. The number of nitrogens with two attached hydrogens (primary N) is 1. The second kappa shape index (κ2) is 8.80. The fourth-order valence-electron chi connectivity index (χ4n) is 3.44. The van der Waals surface area contributed by atoms with Gasteiger partial charge in [0.25, 0.3) is 0 Å². The molecule has 0 saturated heterocycles. The maximum absolute atomic E-state index is 14.4. The Balaban J connectivity index is 2.22. The number of rotatable bonds is 7. The Morgan fingerprint density at radius 3 is 2.79 bits per heavy atom. The van der Waals surface area contributed by atoms with Crippen LogP contribution in [0.2, 0.25) is 5.02 Å². The van der Waals surface area contributed by atoms with Crippen molar-refractivity contribution in [3.8, 4) is 5.88 Å². The van der Waals surface area contributed by atoms with Gasteiger partial charge in [-0.25, -0.2) is 4.39 Å². The molecule has 2 heterocycles. The van der Waals surface area contributed by atoms with Crippen molar-refractivity contribution >= 4 is 28.3 Å². The molecule has 0 bridgehead atoms. The molecule has 154 valence electrons. The van der Waals surface area contributed by atoms with E-state index in [1.165, 1.54) is 19.4 Å². The van der Waals surface area contributed by atoms with Crippen LogP contribution in [0.1, 0.15) is 36.9 Å². The van der Waals surface area contributed by atoms with Gasteiger partial charge in [0.05, 0.1) is 35.9 Å². The molecule has 0 radical (unpaired) electrons. The van der Waals surface area contributed by atoms with E-state index in [-0.39, 0.29) is 46.5 Å². The monoisotopic (exact) mass is 419 g/mol. The standard InChI is InChI=1S/C21H23ClFN3O3/c1-3-5-14(11-27)26-10-17(24)19(28)15-9-13(21(29-2)25-20(15)26)8-12-6-4-7-16(22)18(12)23/h4,6-7,9-10,14,27H,3,5,8,11,24H2,1-2H3. The smallest absolute Gasteiger partial charge is 0.218 e. The van der Waals surface area contributed by atoms with Crippen LogP contribution in [0.15, 0.2) is 35.3 Å². The number of halogens is 2. The van der Waals surface area contributed by atoms with Gasteiger partial charge >= 0.3 is 0 Å². The topological polar surface area (TPSA) is 90.4 Å². The third-order valence-corrected chi connectivity index (χ3v) is 5.19. The molecule has 1 atom stereocenters. The van der Waals surface area contributed by atoms with Crippen LogP contribution in [0.3, 0.4) is 0 Å². The first-order valence-electron chi connectivity index (χ1n) is 9.33. The van der Waals surface area contributed by atoms with Crippen LogP contribution >= 0.6 is 11.6 Å². The number of ether oxygens (including phenoxy) is 1. The van der Waals surface area contributed by atoms with Gasteiger partial charge in [-0.2, -0.15) is 4.98 Å². The first-order valence-corrected chi connectivity index (χ1v) is 9.71. The number of hydrogen-bond acceptors (Lipinski definition) is 5. The number of hydrogen-bond donors (Lipinski definition) is 2. The zero-order chi connectivity index (χ0) is 21.1. The van der Waals surface area contributed by atoms with Crippen LogP contribution < -0.4 is 15.9 Å². The van der Waals surface area contributed by atoms with Crippen molar-refractivity contribution in [3.05, 3.63) is 62.7 Å². The molecule has 3 rings (SSSR count). The molecule has 1 aromatic carbocycles. The highest BCUT2D eigenvalue weighted by atomic mass is 35.5. The molecule has 8 heteroatoms. The van der Waals surface area contributed by atoms with Crippen LogP contribution in [-0.2, 0) is 6.42 Å². The normalized spacial score (nSPS) is 12.3. The van der Waals surface area contributed by atoms with Gasteiger partial charge < -0.3 is 20.1 Å². The summed E-state index contributed by atoms with van der Waals surface area (Å²) in [6.45, 7) is 1.88. The molecular weight excluding hydrogens is 397 g/mol. The number of pyridine rings is 2. The van der Waals surface area contributed by atoms with Gasteiger partial charge in [0.1, 0.15) is 11.5 Å². The molecule has 0 aliphatic heterocycles. The molecule has 1 unspecified atom stereocenters. The highest BCUT2D eigenvalue weighted by molar-refractivity contribution is 6.30. The SMILES string of the molecule is CCCC(CO)n1cc(N)c(=O)c2cc(Cc3cccc(Cl)c3F)c(OC)nc21. The van der Waals surface area contributed by atoms with Crippen molar-refractivity contribution in [2.45, 2.75) is 32.2 Å². The number of fused-ring (bicyclic) bond motifs is 1. The van der Waals surface area contributed by atoms with Gasteiger partial charge in [-0.15, -0.1) is 0 Å². The minimum atomic E-state index is -0.524. The summed E-state index contributed by atoms with van der Waals surface area (Å²) in [5.74, 6) is -0.257. The minimum absolute atomic E-state index is 0.0205. The molecular formula is C21H23ClFN3O3.